The lowest BCUT2D eigenvalue weighted by Crippen LogP contribution is -2.45. The second kappa shape index (κ2) is 5.52. The molecule has 1 saturated carbocycles. The van der Waals surface area contributed by atoms with Crippen LogP contribution < -0.4 is 5.32 Å². The maximum atomic E-state index is 11.9. The van der Waals surface area contributed by atoms with E-state index in [0.29, 0.717) is 5.76 Å². The van der Waals surface area contributed by atoms with E-state index >= 15 is 0 Å². The third-order valence-electron chi connectivity index (χ3n) is 3.38. The predicted octanol–water partition coefficient (Wildman–Crippen LogP) is 1.83. The van der Waals surface area contributed by atoms with Crippen molar-refractivity contribution in [3.05, 3.63) is 17.5 Å². The Hall–Kier alpha value is -1.36. The minimum Gasteiger partial charge on any atom is -0.391 e. The van der Waals surface area contributed by atoms with E-state index in [0.717, 1.165) is 25.7 Å². The van der Waals surface area contributed by atoms with Gasteiger partial charge in [0.05, 0.1) is 12.1 Å². The Labute approximate surface area is 107 Å². The zero-order valence-corrected chi connectivity index (χ0v) is 10.8. The van der Waals surface area contributed by atoms with Gasteiger partial charge in [0.2, 0.25) is 0 Å². The molecule has 1 aliphatic carbocycles. The van der Waals surface area contributed by atoms with Crippen molar-refractivity contribution in [2.45, 2.75) is 57.6 Å². The first kappa shape index (κ1) is 13.1. The fourth-order valence-corrected chi connectivity index (χ4v) is 2.19. The van der Waals surface area contributed by atoms with Gasteiger partial charge in [0.1, 0.15) is 5.76 Å². The molecule has 0 radical (unpaired) electrons. The number of nitrogens with one attached hydrogen (secondary N) is 1. The van der Waals surface area contributed by atoms with Crippen molar-refractivity contribution in [3.8, 4) is 0 Å². The number of aliphatic hydroxyl groups excluding tert-OH is 1. The van der Waals surface area contributed by atoms with E-state index in [1.807, 2.05) is 13.8 Å². The molecule has 0 saturated heterocycles. The molecule has 2 unspecified atom stereocenters. The number of amides is 1. The minimum absolute atomic E-state index is 0.162. The van der Waals surface area contributed by atoms with Gasteiger partial charge in [-0.2, -0.15) is 0 Å². The third-order valence-corrected chi connectivity index (χ3v) is 3.38. The number of nitrogens with zero attached hydrogens (tertiary/aromatic N) is 1. The average molecular weight is 252 g/mol. The normalized spacial score (nSPS) is 24.2. The lowest BCUT2D eigenvalue weighted by atomic mass is 9.92. The SMILES string of the molecule is CC(C)c1cc(C(=O)NC2CCCCC2O)no1. The average Bonchev–Trinajstić information content (AvgIpc) is 2.81. The lowest BCUT2D eigenvalue weighted by molar-refractivity contribution is 0.0711. The summed E-state index contributed by atoms with van der Waals surface area (Å²) in [6, 6.07) is 1.50. The van der Waals surface area contributed by atoms with Crippen molar-refractivity contribution in [1.29, 1.82) is 0 Å². The lowest BCUT2D eigenvalue weighted by Gasteiger charge is -2.27. The van der Waals surface area contributed by atoms with E-state index in [-0.39, 0.29) is 23.6 Å². The highest BCUT2D eigenvalue weighted by Crippen LogP contribution is 2.19. The van der Waals surface area contributed by atoms with Crippen molar-refractivity contribution >= 4 is 5.91 Å². The highest BCUT2D eigenvalue weighted by atomic mass is 16.5. The van der Waals surface area contributed by atoms with Crippen LogP contribution in [-0.4, -0.2) is 28.3 Å². The van der Waals surface area contributed by atoms with Crippen LogP contribution in [0.2, 0.25) is 0 Å². The van der Waals surface area contributed by atoms with Gasteiger partial charge in [-0.3, -0.25) is 4.79 Å². The number of rotatable bonds is 3. The largest absolute Gasteiger partial charge is 0.391 e. The molecule has 0 spiro atoms. The molecule has 100 valence electrons. The van der Waals surface area contributed by atoms with Crippen molar-refractivity contribution < 1.29 is 14.4 Å². The standard InChI is InChI=1S/C13H20N2O3/c1-8(2)12-7-10(15-18-12)13(17)14-9-5-3-4-6-11(9)16/h7-9,11,16H,3-6H2,1-2H3,(H,14,17). The van der Waals surface area contributed by atoms with Gasteiger partial charge < -0.3 is 14.9 Å². The van der Waals surface area contributed by atoms with Gasteiger partial charge in [0.15, 0.2) is 5.69 Å². The molecule has 18 heavy (non-hydrogen) atoms. The Morgan fingerprint density at radius 3 is 2.83 bits per heavy atom. The summed E-state index contributed by atoms with van der Waals surface area (Å²) in [4.78, 5) is 11.9. The van der Waals surface area contributed by atoms with Gasteiger partial charge in [0, 0.05) is 12.0 Å². The number of hydrogen-bond donors (Lipinski definition) is 2. The van der Waals surface area contributed by atoms with Gasteiger partial charge in [-0.25, -0.2) is 0 Å². The van der Waals surface area contributed by atoms with Gasteiger partial charge >= 0.3 is 0 Å². The molecular weight excluding hydrogens is 232 g/mol. The van der Waals surface area contributed by atoms with Crippen molar-refractivity contribution in [1.82, 2.24) is 10.5 Å². The van der Waals surface area contributed by atoms with Crippen LogP contribution >= 0.6 is 0 Å². The second-order valence-corrected chi connectivity index (χ2v) is 5.20. The number of carbonyl (C=O) groups is 1. The summed E-state index contributed by atoms with van der Waals surface area (Å²) in [7, 11) is 0. The van der Waals surface area contributed by atoms with E-state index in [4.69, 9.17) is 4.52 Å². The zero-order valence-electron chi connectivity index (χ0n) is 10.8. The molecule has 2 atom stereocenters. The minimum atomic E-state index is -0.445. The molecular formula is C13H20N2O3. The maximum absolute atomic E-state index is 11.9. The molecule has 1 aromatic rings. The van der Waals surface area contributed by atoms with Crippen LogP contribution in [0.5, 0.6) is 0 Å². The predicted molar refractivity (Wildman–Crippen MR) is 66.3 cm³/mol. The molecule has 1 aromatic heterocycles. The molecule has 2 rings (SSSR count). The molecule has 0 aliphatic heterocycles. The molecule has 2 N–H and O–H groups in total. The Morgan fingerprint density at radius 2 is 2.22 bits per heavy atom. The molecule has 5 nitrogen and oxygen atoms in total. The number of hydrogen-bond acceptors (Lipinski definition) is 4. The smallest absolute Gasteiger partial charge is 0.273 e. The third kappa shape index (κ3) is 2.90. The monoisotopic (exact) mass is 252 g/mol. The summed E-state index contributed by atoms with van der Waals surface area (Å²) >= 11 is 0. The topological polar surface area (TPSA) is 75.4 Å². The van der Waals surface area contributed by atoms with Crippen LogP contribution in [0.1, 0.15) is 61.7 Å². The molecule has 5 heteroatoms. The van der Waals surface area contributed by atoms with Crippen LogP contribution in [0.25, 0.3) is 0 Å². The van der Waals surface area contributed by atoms with E-state index in [9.17, 15) is 9.90 Å². The summed E-state index contributed by atoms with van der Waals surface area (Å²) in [5.74, 6) is 0.639. The van der Waals surface area contributed by atoms with E-state index < -0.39 is 6.10 Å². The first-order valence-electron chi connectivity index (χ1n) is 6.53. The number of carbonyl (C=O) groups excluding carboxylic acids is 1. The Balaban J connectivity index is 1.98. The highest BCUT2D eigenvalue weighted by Gasteiger charge is 2.26. The van der Waals surface area contributed by atoms with Crippen molar-refractivity contribution in [2.24, 2.45) is 0 Å². The molecule has 1 aliphatic rings. The van der Waals surface area contributed by atoms with Crippen molar-refractivity contribution in [2.75, 3.05) is 0 Å². The molecule has 0 aromatic carbocycles. The van der Waals surface area contributed by atoms with Crippen LogP contribution in [0.3, 0.4) is 0 Å². The molecule has 1 amide bonds. The summed E-state index contributed by atoms with van der Waals surface area (Å²) in [6.07, 6.45) is 3.19. The summed E-state index contributed by atoms with van der Waals surface area (Å²) in [6.45, 7) is 3.96. The van der Waals surface area contributed by atoms with Crippen LogP contribution in [-0.2, 0) is 0 Å². The molecule has 1 heterocycles. The van der Waals surface area contributed by atoms with E-state index in [1.165, 1.54) is 0 Å². The first-order chi connectivity index (χ1) is 8.58. The van der Waals surface area contributed by atoms with Crippen LogP contribution in [0.15, 0.2) is 10.6 Å². The summed E-state index contributed by atoms with van der Waals surface area (Å²) in [5.41, 5.74) is 0.288. The highest BCUT2D eigenvalue weighted by molar-refractivity contribution is 5.92. The van der Waals surface area contributed by atoms with Crippen molar-refractivity contribution in [3.63, 3.8) is 0 Å². The fraction of sp³-hybridized carbons (Fsp3) is 0.692. The van der Waals surface area contributed by atoms with Gasteiger partial charge in [-0.1, -0.05) is 31.8 Å². The summed E-state index contributed by atoms with van der Waals surface area (Å²) < 4.78 is 5.09. The molecule has 1 fully saturated rings. The van der Waals surface area contributed by atoms with E-state index in [1.54, 1.807) is 6.07 Å². The van der Waals surface area contributed by atoms with E-state index in [2.05, 4.69) is 10.5 Å². The van der Waals surface area contributed by atoms with Gasteiger partial charge in [-0.05, 0) is 12.8 Å². The maximum Gasteiger partial charge on any atom is 0.273 e. The van der Waals surface area contributed by atoms with Crippen LogP contribution in [0, 0.1) is 0 Å². The van der Waals surface area contributed by atoms with Crippen LogP contribution in [0.4, 0.5) is 0 Å². The quantitative estimate of drug-likeness (QED) is 0.860. The number of aromatic nitrogens is 1. The number of aliphatic hydroxyl groups is 1. The first-order valence-corrected chi connectivity index (χ1v) is 6.53. The second-order valence-electron chi connectivity index (χ2n) is 5.20. The van der Waals surface area contributed by atoms with Gasteiger partial charge in [0.25, 0.3) is 5.91 Å². The fourth-order valence-electron chi connectivity index (χ4n) is 2.19. The Bertz CT molecular complexity index is 414. The molecule has 0 bridgehead atoms. The summed E-state index contributed by atoms with van der Waals surface area (Å²) in [5, 5.41) is 16.4. The Kier molecular flexibility index (Phi) is 4.01. The van der Waals surface area contributed by atoms with Gasteiger partial charge in [-0.15, -0.1) is 0 Å². The zero-order chi connectivity index (χ0) is 13.1. The Morgan fingerprint density at radius 1 is 1.50 bits per heavy atom.